The maximum absolute atomic E-state index is 16.0. The van der Waals surface area contributed by atoms with Crippen molar-refractivity contribution in [1.82, 2.24) is 4.67 Å². The van der Waals surface area contributed by atoms with E-state index in [4.69, 9.17) is 0 Å². The Labute approximate surface area is 249 Å². The molecule has 1 spiro atoms. The van der Waals surface area contributed by atoms with Crippen molar-refractivity contribution in [3.8, 4) is 0 Å². The topological polar surface area (TPSA) is 20.3 Å². The maximum atomic E-state index is 16.0. The first-order chi connectivity index (χ1) is 20.5. The fourth-order valence-electron chi connectivity index (χ4n) is 9.58. The first-order valence-electron chi connectivity index (χ1n) is 15.2. The van der Waals surface area contributed by atoms with Crippen LogP contribution in [0.3, 0.4) is 0 Å². The predicted octanol–water partition coefficient (Wildman–Crippen LogP) is 8.28. The van der Waals surface area contributed by atoms with Gasteiger partial charge in [-0.25, -0.2) is 4.67 Å². The molecule has 5 aromatic carbocycles. The van der Waals surface area contributed by atoms with Gasteiger partial charge in [-0.05, 0) is 65.1 Å². The van der Waals surface area contributed by atoms with E-state index in [1.165, 1.54) is 16.7 Å². The summed E-state index contributed by atoms with van der Waals surface area (Å²) in [6.07, 6.45) is 2.19. The average molecular weight is 566 g/mol. The Kier molecular flexibility index (Phi) is 5.81. The molecule has 208 valence electrons. The van der Waals surface area contributed by atoms with E-state index >= 15 is 4.57 Å². The average Bonchev–Trinajstić information content (AvgIpc) is 3.60. The van der Waals surface area contributed by atoms with E-state index in [0.717, 1.165) is 30.0 Å². The van der Waals surface area contributed by atoms with Gasteiger partial charge < -0.3 is 0 Å². The van der Waals surface area contributed by atoms with Gasteiger partial charge in [0.25, 0.3) is 0 Å². The molecule has 5 aromatic rings. The van der Waals surface area contributed by atoms with Crippen LogP contribution in [0.5, 0.6) is 0 Å². The fraction of sp³-hybridized carbons (Fsp3) is 0.231. The van der Waals surface area contributed by atoms with Crippen LogP contribution >= 0.6 is 7.29 Å². The van der Waals surface area contributed by atoms with Crippen LogP contribution in [0, 0.1) is 11.3 Å². The van der Waals surface area contributed by atoms with E-state index in [0.29, 0.717) is 5.92 Å². The number of rotatable bonds is 6. The molecule has 0 N–H and O–H groups in total. The van der Waals surface area contributed by atoms with Gasteiger partial charge in [0.1, 0.15) is 0 Å². The lowest BCUT2D eigenvalue weighted by Crippen LogP contribution is -2.52. The van der Waals surface area contributed by atoms with Crippen molar-refractivity contribution >= 4 is 17.9 Å². The Morgan fingerprint density at radius 2 is 1.02 bits per heavy atom. The molecule has 4 fully saturated rings. The summed E-state index contributed by atoms with van der Waals surface area (Å²) in [5.41, 5.74) is 4.09. The molecule has 2 bridgehead atoms. The summed E-state index contributed by atoms with van der Waals surface area (Å²) >= 11 is 0. The van der Waals surface area contributed by atoms with Crippen molar-refractivity contribution < 1.29 is 4.57 Å². The van der Waals surface area contributed by atoms with Crippen LogP contribution in [-0.4, -0.2) is 11.2 Å². The van der Waals surface area contributed by atoms with Crippen LogP contribution in [0.25, 0.3) is 0 Å². The standard InChI is InChI=1S/C39H36NOP/c1-37(31-19-9-3-10-20-31)35-27-40(42(41,33-23-13-5-14-24-33)34-25-15-6-16-26-34)36(30-17-7-2-8-18-30)38(35)28-39(37,29-38)32-21-11-4-12-22-32/h2-26,35-36H,27-29H2,1H3/t35-,36-,37-,38?,39?/m1/s1. The Bertz CT molecular complexity index is 1710. The quantitative estimate of drug-likeness (QED) is 0.193. The minimum atomic E-state index is -3.17. The van der Waals surface area contributed by atoms with Gasteiger partial charge in [-0.1, -0.05) is 134 Å². The largest absolute Gasteiger partial charge is 0.296 e. The second-order valence-electron chi connectivity index (χ2n) is 12.8. The SMILES string of the molecule is C[C@@]1(c2ccccc2)[C@H]2CN(P(=O)(c3ccccc3)c3ccccc3)[C@H](c3ccccc3)C23CC1(c1ccccc1)C3. The molecule has 0 amide bonds. The van der Waals surface area contributed by atoms with Gasteiger partial charge in [0.15, 0.2) is 0 Å². The number of hydrogen-bond acceptors (Lipinski definition) is 1. The summed E-state index contributed by atoms with van der Waals surface area (Å²) < 4.78 is 18.5. The van der Waals surface area contributed by atoms with E-state index in [1.807, 2.05) is 36.4 Å². The van der Waals surface area contributed by atoms with Gasteiger partial charge >= 0.3 is 0 Å². The minimum Gasteiger partial charge on any atom is -0.296 e. The molecular weight excluding hydrogens is 529 g/mol. The maximum Gasteiger partial charge on any atom is 0.207 e. The van der Waals surface area contributed by atoms with Crippen molar-refractivity contribution in [3.05, 3.63) is 168 Å². The van der Waals surface area contributed by atoms with E-state index < -0.39 is 7.29 Å². The highest BCUT2D eigenvalue weighted by molar-refractivity contribution is 7.76. The molecule has 0 radical (unpaired) electrons. The second kappa shape index (κ2) is 9.40. The Hall–Kier alpha value is -3.71. The molecule has 3 saturated carbocycles. The highest BCUT2D eigenvalue weighted by Gasteiger charge is 2.82. The monoisotopic (exact) mass is 565 g/mol. The fourth-order valence-corrected chi connectivity index (χ4v) is 12.7. The van der Waals surface area contributed by atoms with Gasteiger partial charge in [-0.2, -0.15) is 0 Å². The zero-order chi connectivity index (χ0) is 28.4. The number of benzene rings is 5. The van der Waals surface area contributed by atoms with Crippen LogP contribution in [0.4, 0.5) is 0 Å². The van der Waals surface area contributed by atoms with Crippen molar-refractivity contribution in [2.45, 2.75) is 36.6 Å². The third kappa shape index (κ3) is 3.29. The van der Waals surface area contributed by atoms with E-state index in [9.17, 15) is 0 Å². The van der Waals surface area contributed by atoms with Gasteiger partial charge in [-0.15, -0.1) is 0 Å². The van der Waals surface area contributed by atoms with Gasteiger partial charge in [-0.3, -0.25) is 4.57 Å². The molecule has 3 aliphatic carbocycles. The Morgan fingerprint density at radius 1 is 0.595 bits per heavy atom. The number of hydrogen-bond donors (Lipinski definition) is 0. The lowest BCUT2D eigenvalue weighted by molar-refractivity contribution is 0.0465. The molecule has 3 heteroatoms. The van der Waals surface area contributed by atoms with Crippen LogP contribution in [0.2, 0.25) is 0 Å². The molecule has 2 nitrogen and oxygen atoms in total. The molecule has 1 aliphatic heterocycles. The summed E-state index contributed by atoms with van der Waals surface area (Å²) in [6, 6.07) is 54.0. The molecule has 4 aliphatic rings. The van der Waals surface area contributed by atoms with Gasteiger partial charge in [0.2, 0.25) is 7.29 Å². The normalized spacial score (nSPS) is 30.0. The number of nitrogens with zero attached hydrogens (tertiary/aromatic N) is 1. The lowest BCUT2D eigenvalue weighted by Gasteiger charge is -2.56. The van der Waals surface area contributed by atoms with Crippen LogP contribution in [-0.2, 0) is 15.4 Å². The zero-order valence-electron chi connectivity index (χ0n) is 24.0. The minimum absolute atomic E-state index is 0.0149. The molecule has 0 aromatic heterocycles. The lowest BCUT2D eigenvalue weighted by atomic mass is 9.50. The first kappa shape index (κ1) is 26.0. The molecule has 42 heavy (non-hydrogen) atoms. The first-order valence-corrected chi connectivity index (χ1v) is 16.8. The van der Waals surface area contributed by atoms with E-state index in [2.05, 4.69) is 127 Å². The third-order valence-electron chi connectivity index (χ3n) is 11.2. The van der Waals surface area contributed by atoms with Crippen LogP contribution < -0.4 is 10.6 Å². The zero-order valence-corrected chi connectivity index (χ0v) is 24.9. The molecule has 9 rings (SSSR count). The van der Waals surface area contributed by atoms with E-state index in [1.54, 1.807) is 0 Å². The molecular formula is C39H36NOP. The van der Waals surface area contributed by atoms with Crippen LogP contribution in [0.15, 0.2) is 152 Å². The third-order valence-corrected chi connectivity index (χ3v) is 14.4. The molecule has 1 saturated heterocycles. The Balaban J connectivity index is 1.38. The summed E-state index contributed by atoms with van der Waals surface area (Å²) in [5.74, 6) is 0.346. The van der Waals surface area contributed by atoms with Crippen molar-refractivity contribution in [1.29, 1.82) is 0 Å². The van der Waals surface area contributed by atoms with Crippen molar-refractivity contribution in [2.75, 3.05) is 6.54 Å². The van der Waals surface area contributed by atoms with Crippen molar-refractivity contribution in [2.24, 2.45) is 11.3 Å². The molecule has 0 unspecified atom stereocenters. The summed E-state index contributed by atoms with van der Waals surface area (Å²) in [7, 11) is -3.17. The highest BCUT2D eigenvalue weighted by atomic mass is 31.2. The van der Waals surface area contributed by atoms with Gasteiger partial charge in [0, 0.05) is 34.0 Å². The summed E-state index contributed by atoms with van der Waals surface area (Å²) in [6.45, 7) is 3.32. The van der Waals surface area contributed by atoms with Crippen LogP contribution in [0.1, 0.15) is 42.5 Å². The summed E-state index contributed by atoms with van der Waals surface area (Å²) in [5, 5.41) is 1.84. The molecule has 3 atom stereocenters. The Morgan fingerprint density at radius 3 is 1.52 bits per heavy atom. The van der Waals surface area contributed by atoms with Crippen molar-refractivity contribution in [3.63, 3.8) is 0 Å². The predicted molar refractivity (Wildman–Crippen MR) is 173 cm³/mol. The molecule has 1 heterocycles. The van der Waals surface area contributed by atoms with E-state index in [-0.39, 0.29) is 22.3 Å². The second-order valence-corrected chi connectivity index (χ2v) is 15.5. The highest BCUT2D eigenvalue weighted by Crippen LogP contribution is 2.85. The smallest absolute Gasteiger partial charge is 0.207 e. The summed E-state index contributed by atoms with van der Waals surface area (Å²) in [4.78, 5) is 0. The van der Waals surface area contributed by atoms with Gasteiger partial charge in [0.05, 0.1) is 0 Å².